The fourth-order valence-electron chi connectivity index (χ4n) is 2.72. The summed E-state index contributed by atoms with van der Waals surface area (Å²) in [4.78, 5) is 47.5. The van der Waals surface area contributed by atoms with Crippen LogP contribution in [0, 0.1) is 10.1 Å². The lowest BCUT2D eigenvalue weighted by atomic mass is 10.2. The Morgan fingerprint density at radius 1 is 1.06 bits per heavy atom. The molecule has 2 N–H and O–H groups in total. The van der Waals surface area contributed by atoms with E-state index in [2.05, 4.69) is 10.6 Å². The molecule has 0 radical (unpaired) electrons. The van der Waals surface area contributed by atoms with Gasteiger partial charge in [0.15, 0.2) is 6.61 Å². The Balaban J connectivity index is 1.54. The van der Waals surface area contributed by atoms with Crippen LogP contribution in [0.1, 0.15) is 27.0 Å². The van der Waals surface area contributed by atoms with E-state index >= 15 is 0 Å². The maximum absolute atomic E-state index is 12.2. The number of thiophene rings is 1. The third-order valence-electron chi connectivity index (χ3n) is 4.21. The van der Waals surface area contributed by atoms with Gasteiger partial charge in [-0.1, -0.05) is 6.07 Å². The van der Waals surface area contributed by atoms with E-state index < -0.39 is 23.4 Å². The van der Waals surface area contributed by atoms with Gasteiger partial charge in [-0.2, -0.15) is 0 Å². The summed E-state index contributed by atoms with van der Waals surface area (Å²) in [5, 5.41) is 18.1. The second kappa shape index (κ2) is 10.9. The van der Waals surface area contributed by atoms with E-state index in [1.54, 1.807) is 24.4 Å². The number of nitro benzene ring substituents is 1. The number of nitrogens with zero attached hydrogens (tertiary/aromatic N) is 1. The molecular weight excluding hydrogens is 450 g/mol. The molecule has 0 aliphatic rings. The number of amides is 2. The first-order valence-corrected chi connectivity index (χ1v) is 10.6. The highest BCUT2D eigenvalue weighted by Gasteiger charge is 2.18. The first-order valence-electron chi connectivity index (χ1n) is 9.70. The van der Waals surface area contributed by atoms with Crippen LogP contribution in [0.2, 0.25) is 0 Å². The highest BCUT2D eigenvalue weighted by molar-refractivity contribution is 7.12. The molecule has 0 atom stereocenters. The van der Waals surface area contributed by atoms with Crippen molar-refractivity contribution < 1.29 is 28.8 Å². The number of benzene rings is 2. The molecule has 33 heavy (non-hydrogen) atoms. The molecular formula is C22H19N3O7S. The van der Waals surface area contributed by atoms with Gasteiger partial charge in [-0.3, -0.25) is 19.7 Å². The van der Waals surface area contributed by atoms with Crippen molar-refractivity contribution in [3.63, 3.8) is 0 Å². The van der Waals surface area contributed by atoms with Crippen LogP contribution in [-0.4, -0.2) is 35.9 Å². The second-order valence-electron chi connectivity index (χ2n) is 6.50. The molecule has 0 aliphatic heterocycles. The molecule has 0 saturated heterocycles. The molecule has 2 amide bonds. The molecule has 3 rings (SSSR count). The van der Waals surface area contributed by atoms with Crippen molar-refractivity contribution in [1.82, 2.24) is 0 Å². The van der Waals surface area contributed by atoms with E-state index in [0.29, 0.717) is 22.9 Å². The quantitative estimate of drug-likeness (QED) is 0.273. The summed E-state index contributed by atoms with van der Waals surface area (Å²) in [5.41, 5.74) is 0.269. The van der Waals surface area contributed by atoms with Gasteiger partial charge in [0, 0.05) is 5.69 Å². The fraction of sp³-hybridized carbons (Fsp3) is 0.136. The second-order valence-corrected chi connectivity index (χ2v) is 7.45. The molecule has 0 spiro atoms. The van der Waals surface area contributed by atoms with E-state index in [1.165, 1.54) is 53.8 Å². The number of esters is 1. The Kier molecular flexibility index (Phi) is 7.71. The fourth-order valence-corrected chi connectivity index (χ4v) is 3.33. The van der Waals surface area contributed by atoms with Crippen molar-refractivity contribution in [2.24, 2.45) is 0 Å². The summed E-state index contributed by atoms with van der Waals surface area (Å²) in [5.74, 6) is -1.47. The van der Waals surface area contributed by atoms with Gasteiger partial charge in [-0.15, -0.1) is 11.3 Å². The third kappa shape index (κ3) is 6.37. The van der Waals surface area contributed by atoms with Gasteiger partial charge in [0.1, 0.15) is 11.4 Å². The number of carbonyl (C=O) groups is 3. The van der Waals surface area contributed by atoms with Crippen molar-refractivity contribution in [3.8, 4) is 5.75 Å². The number of hydrogen-bond donors (Lipinski definition) is 2. The number of anilines is 2. The number of nitrogens with one attached hydrogen (secondary N) is 2. The molecule has 10 nitrogen and oxygen atoms in total. The molecule has 0 aliphatic carbocycles. The normalized spacial score (nSPS) is 10.2. The number of rotatable bonds is 9. The highest BCUT2D eigenvalue weighted by atomic mass is 32.1. The van der Waals surface area contributed by atoms with Crippen molar-refractivity contribution in [3.05, 3.63) is 80.5 Å². The average Bonchev–Trinajstić information content (AvgIpc) is 3.34. The van der Waals surface area contributed by atoms with Crippen LogP contribution in [0.4, 0.5) is 17.1 Å². The van der Waals surface area contributed by atoms with E-state index in [0.717, 1.165) is 0 Å². The third-order valence-corrected chi connectivity index (χ3v) is 5.08. The molecule has 170 valence electrons. The number of ether oxygens (including phenoxy) is 2. The minimum absolute atomic E-state index is 0.0460. The lowest BCUT2D eigenvalue weighted by Gasteiger charge is -2.09. The molecule has 2 aromatic carbocycles. The van der Waals surface area contributed by atoms with Crippen LogP contribution in [-0.2, 0) is 9.53 Å². The minimum Gasteiger partial charge on any atom is -0.494 e. The largest absolute Gasteiger partial charge is 0.494 e. The van der Waals surface area contributed by atoms with Crippen molar-refractivity contribution in [1.29, 1.82) is 0 Å². The Bertz CT molecular complexity index is 1160. The van der Waals surface area contributed by atoms with E-state index in [1.807, 2.05) is 0 Å². The maximum atomic E-state index is 12.2. The zero-order chi connectivity index (χ0) is 23.8. The van der Waals surface area contributed by atoms with Crippen LogP contribution in [0.25, 0.3) is 0 Å². The Hall–Kier alpha value is -4.25. The highest BCUT2D eigenvalue weighted by Crippen LogP contribution is 2.29. The van der Waals surface area contributed by atoms with Crippen LogP contribution < -0.4 is 15.4 Å². The lowest BCUT2D eigenvalue weighted by Crippen LogP contribution is -2.21. The number of carbonyl (C=O) groups excluding carboxylic acids is 3. The molecule has 1 aromatic heterocycles. The van der Waals surface area contributed by atoms with Crippen molar-refractivity contribution in [2.45, 2.75) is 6.92 Å². The molecule has 0 unspecified atom stereocenters. The monoisotopic (exact) mass is 469 g/mol. The van der Waals surface area contributed by atoms with Gasteiger partial charge in [-0.25, -0.2) is 4.79 Å². The molecule has 11 heteroatoms. The summed E-state index contributed by atoms with van der Waals surface area (Å²) >= 11 is 1.31. The van der Waals surface area contributed by atoms with Gasteiger partial charge in [0.2, 0.25) is 0 Å². The Morgan fingerprint density at radius 2 is 1.82 bits per heavy atom. The average molecular weight is 469 g/mol. The van der Waals surface area contributed by atoms with Gasteiger partial charge in [0.05, 0.1) is 28.0 Å². The van der Waals surface area contributed by atoms with Crippen LogP contribution in [0.3, 0.4) is 0 Å². The molecule has 3 aromatic rings. The first-order chi connectivity index (χ1) is 15.9. The summed E-state index contributed by atoms with van der Waals surface area (Å²) in [7, 11) is 0. The van der Waals surface area contributed by atoms with Gasteiger partial charge in [0.25, 0.3) is 17.5 Å². The van der Waals surface area contributed by atoms with Crippen LogP contribution >= 0.6 is 11.3 Å². The zero-order valence-corrected chi connectivity index (χ0v) is 18.2. The smallest absolute Gasteiger partial charge is 0.338 e. The summed E-state index contributed by atoms with van der Waals surface area (Å²) in [6, 6.07) is 13.4. The van der Waals surface area contributed by atoms with Gasteiger partial charge in [-0.05, 0) is 54.8 Å². The van der Waals surface area contributed by atoms with E-state index in [4.69, 9.17) is 9.47 Å². The Morgan fingerprint density at radius 3 is 2.45 bits per heavy atom. The van der Waals surface area contributed by atoms with Crippen molar-refractivity contribution >= 4 is 46.2 Å². The predicted octanol–water partition coefficient (Wildman–Crippen LogP) is 4.10. The molecule has 1 heterocycles. The lowest BCUT2D eigenvalue weighted by molar-refractivity contribution is -0.384. The predicted molar refractivity (Wildman–Crippen MR) is 122 cm³/mol. The van der Waals surface area contributed by atoms with Crippen molar-refractivity contribution in [2.75, 3.05) is 23.8 Å². The first kappa shape index (κ1) is 23.4. The summed E-state index contributed by atoms with van der Waals surface area (Å²) in [6.45, 7) is 1.44. The van der Waals surface area contributed by atoms with Gasteiger partial charge >= 0.3 is 5.97 Å². The molecule has 0 saturated carbocycles. The SMILES string of the molecule is CCOc1ccc(NC(=O)COC(=O)c2ccc(NC(=O)c3cccs3)cc2)c([N+](=O)[O-])c1. The Labute approximate surface area is 192 Å². The topological polar surface area (TPSA) is 137 Å². The number of hydrogen-bond acceptors (Lipinski definition) is 8. The summed E-state index contributed by atoms with van der Waals surface area (Å²) < 4.78 is 10.2. The molecule has 0 fully saturated rings. The zero-order valence-electron chi connectivity index (χ0n) is 17.4. The van der Waals surface area contributed by atoms with E-state index in [9.17, 15) is 24.5 Å². The van der Waals surface area contributed by atoms with Crippen LogP contribution in [0.5, 0.6) is 5.75 Å². The number of nitro groups is 1. The standard InChI is InChI=1S/C22H19N3O7S/c1-2-31-16-9-10-17(18(12-16)25(29)30)24-20(26)13-32-22(28)14-5-7-15(8-6-14)23-21(27)19-4-3-11-33-19/h3-12H,2,13H2,1H3,(H,23,27)(H,24,26). The van der Waals surface area contributed by atoms with E-state index in [-0.39, 0.29) is 22.8 Å². The minimum atomic E-state index is -0.762. The molecule has 0 bridgehead atoms. The van der Waals surface area contributed by atoms with Crippen LogP contribution in [0.15, 0.2) is 60.0 Å². The maximum Gasteiger partial charge on any atom is 0.338 e. The summed E-state index contributed by atoms with van der Waals surface area (Å²) in [6.07, 6.45) is 0. The van der Waals surface area contributed by atoms with Gasteiger partial charge < -0.3 is 20.1 Å².